The number of aryl methyl sites for hydroxylation is 2. The molecule has 0 saturated carbocycles. The van der Waals surface area contributed by atoms with E-state index in [4.69, 9.17) is 21.7 Å². The van der Waals surface area contributed by atoms with Gasteiger partial charge in [-0.15, -0.1) is 0 Å². The van der Waals surface area contributed by atoms with Crippen molar-refractivity contribution < 1.29 is 19.1 Å². The first-order chi connectivity index (χ1) is 16.3. The second-order valence-electron chi connectivity index (χ2n) is 8.19. The van der Waals surface area contributed by atoms with E-state index in [1.807, 2.05) is 32.0 Å². The standard InChI is InChI=1S/C26H35N3O4S/c1-5-6-7-8-9-16-32-22-14-11-21(12-15-22)25(31)27-26(34)29-28-24(30)20(4)33-23-13-10-18(2)19(3)17-23/h10-15,17,20H,5-9,16H2,1-4H3,(H,28,30)(H2,27,29,31,34). The van der Waals surface area contributed by atoms with Crippen LogP contribution in [-0.4, -0.2) is 29.6 Å². The molecule has 0 heterocycles. The van der Waals surface area contributed by atoms with Gasteiger partial charge in [0.05, 0.1) is 6.61 Å². The average molecular weight is 486 g/mol. The summed E-state index contributed by atoms with van der Waals surface area (Å²) in [6.07, 6.45) is 5.12. The van der Waals surface area contributed by atoms with Gasteiger partial charge in [-0.2, -0.15) is 0 Å². The largest absolute Gasteiger partial charge is 0.494 e. The number of unbranched alkanes of at least 4 members (excludes halogenated alkanes) is 4. The van der Waals surface area contributed by atoms with Crippen LogP contribution in [0.4, 0.5) is 0 Å². The van der Waals surface area contributed by atoms with Crippen molar-refractivity contribution in [2.45, 2.75) is 65.9 Å². The summed E-state index contributed by atoms with van der Waals surface area (Å²) in [5.41, 5.74) is 7.62. The topological polar surface area (TPSA) is 88.7 Å². The van der Waals surface area contributed by atoms with E-state index in [0.717, 1.165) is 29.7 Å². The fourth-order valence-corrected chi connectivity index (χ4v) is 3.21. The molecule has 0 bridgehead atoms. The maximum absolute atomic E-state index is 12.4. The normalized spacial score (nSPS) is 11.3. The predicted molar refractivity (Wildman–Crippen MR) is 138 cm³/mol. The zero-order valence-electron chi connectivity index (χ0n) is 20.4. The van der Waals surface area contributed by atoms with Gasteiger partial charge in [-0.25, -0.2) is 0 Å². The molecule has 0 aromatic heterocycles. The molecule has 3 N–H and O–H groups in total. The maximum atomic E-state index is 12.4. The highest BCUT2D eigenvalue weighted by Crippen LogP contribution is 2.17. The van der Waals surface area contributed by atoms with Crippen LogP contribution >= 0.6 is 12.2 Å². The van der Waals surface area contributed by atoms with E-state index in [1.165, 1.54) is 19.3 Å². The van der Waals surface area contributed by atoms with Crippen LogP contribution in [0.25, 0.3) is 0 Å². The summed E-state index contributed by atoms with van der Waals surface area (Å²) in [6, 6.07) is 12.5. The van der Waals surface area contributed by atoms with E-state index in [2.05, 4.69) is 23.1 Å². The molecule has 2 aromatic carbocycles. The molecular formula is C26H35N3O4S. The van der Waals surface area contributed by atoms with E-state index in [-0.39, 0.29) is 5.11 Å². The number of thiocarbonyl (C=S) groups is 1. The van der Waals surface area contributed by atoms with Gasteiger partial charge in [0.1, 0.15) is 11.5 Å². The lowest BCUT2D eigenvalue weighted by Crippen LogP contribution is -2.51. The summed E-state index contributed by atoms with van der Waals surface area (Å²) < 4.78 is 11.4. The molecule has 0 fully saturated rings. The number of amides is 2. The number of ether oxygens (including phenoxy) is 2. The zero-order valence-corrected chi connectivity index (χ0v) is 21.2. The molecule has 0 aliphatic rings. The van der Waals surface area contributed by atoms with Crippen LogP contribution in [0.5, 0.6) is 11.5 Å². The fraction of sp³-hybridized carbons (Fsp3) is 0.423. The van der Waals surface area contributed by atoms with Gasteiger partial charge in [0.25, 0.3) is 11.8 Å². The van der Waals surface area contributed by atoms with Gasteiger partial charge in [-0.1, -0.05) is 38.7 Å². The number of carbonyl (C=O) groups excluding carboxylic acids is 2. The summed E-state index contributed by atoms with van der Waals surface area (Å²) in [5.74, 6) is 0.506. The highest BCUT2D eigenvalue weighted by Gasteiger charge is 2.16. The minimum Gasteiger partial charge on any atom is -0.494 e. The van der Waals surface area contributed by atoms with Crippen LogP contribution in [0, 0.1) is 13.8 Å². The summed E-state index contributed by atoms with van der Waals surface area (Å²) in [7, 11) is 0. The maximum Gasteiger partial charge on any atom is 0.279 e. The van der Waals surface area contributed by atoms with Crippen molar-refractivity contribution >= 4 is 29.1 Å². The third-order valence-corrected chi connectivity index (χ3v) is 5.52. The molecule has 1 atom stereocenters. The van der Waals surface area contributed by atoms with Gasteiger partial charge < -0.3 is 9.47 Å². The van der Waals surface area contributed by atoms with Gasteiger partial charge in [-0.3, -0.25) is 25.8 Å². The molecule has 2 amide bonds. The predicted octanol–water partition coefficient (Wildman–Crippen LogP) is 4.76. The average Bonchev–Trinajstić information content (AvgIpc) is 2.82. The number of hydrogen-bond acceptors (Lipinski definition) is 5. The molecule has 0 aliphatic heterocycles. The van der Waals surface area contributed by atoms with Crippen molar-refractivity contribution in [1.82, 2.24) is 16.2 Å². The molecule has 0 radical (unpaired) electrons. The second kappa shape index (κ2) is 14.2. The molecule has 7 nitrogen and oxygen atoms in total. The van der Waals surface area contributed by atoms with Gasteiger partial charge in [-0.05, 0) is 86.9 Å². The van der Waals surface area contributed by atoms with Crippen LogP contribution in [0.3, 0.4) is 0 Å². The second-order valence-corrected chi connectivity index (χ2v) is 8.60. The molecule has 2 aromatic rings. The van der Waals surface area contributed by atoms with E-state index in [9.17, 15) is 9.59 Å². The third kappa shape index (κ3) is 9.39. The van der Waals surface area contributed by atoms with Gasteiger partial charge in [0.2, 0.25) is 0 Å². The Kier molecular flexibility index (Phi) is 11.3. The van der Waals surface area contributed by atoms with Crippen LogP contribution in [0.2, 0.25) is 0 Å². The van der Waals surface area contributed by atoms with Gasteiger partial charge >= 0.3 is 0 Å². The van der Waals surface area contributed by atoms with Crippen LogP contribution in [-0.2, 0) is 4.79 Å². The molecule has 0 aliphatic carbocycles. The Morgan fingerprint density at radius 3 is 2.26 bits per heavy atom. The first kappa shape index (κ1) is 27.1. The SMILES string of the molecule is CCCCCCCOc1ccc(C(=O)NC(=S)NNC(=O)C(C)Oc2ccc(C)c(C)c2)cc1. The summed E-state index contributed by atoms with van der Waals surface area (Å²) >= 11 is 5.10. The van der Waals surface area contributed by atoms with E-state index in [1.54, 1.807) is 31.2 Å². The number of nitrogens with one attached hydrogen (secondary N) is 3. The number of hydrogen-bond donors (Lipinski definition) is 3. The van der Waals surface area contributed by atoms with Crippen LogP contribution < -0.4 is 25.6 Å². The Labute approximate surface area is 207 Å². The van der Waals surface area contributed by atoms with Gasteiger partial charge in [0, 0.05) is 5.56 Å². The summed E-state index contributed by atoms with van der Waals surface area (Å²) in [4.78, 5) is 24.7. The molecule has 8 heteroatoms. The Bertz CT molecular complexity index is 963. The van der Waals surface area contributed by atoms with Crippen LogP contribution in [0.1, 0.15) is 67.4 Å². The quantitative estimate of drug-likeness (QED) is 0.242. The molecule has 34 heavy (non-hydrogen) atoms. The van der Waals surface area contributed by atoms with E-state index in [0.29, 0.717) is 17.9 Å². The molecule has 2 rings (SSSR count). The van der Waals surface area contributed by atoms with Gasteiger partial charge in [0.15, 0.2) is 11.2 Å². The monoisotopic (exact) mass is 485 g/mol. The first-order valence-corrected chi connectivity index (χ1v) is 12.1. The van der Waals surface area contributed by atoms with Crippen molar-refractivity contribution in [2.75, 3.05) is 6.61 Å². The van der Waals surface area contributed by atoms with E-state index < -0.39 is 17.9 Å². The smallest absolute Gasteiger partial charge is 0.279 e. The zero-order chi connectivity index (χ0) is 24.9. The van der Waals surface area contributed by atoms with Crippen molar-refractivity contribution in [1.29, 1.82) is 0 Å². The fourth-order valence-electron chi connectivity index (χ4n) is 3.07. The van der Waals surface area contributed by atoms with Crippen molar-refractivity contribution in [3.8, 4) is 11.5 Å². The molecule has 1 unspecified atom stereocenters. The lowest BCUT2D eigenvalue weighted by molar-refractivity contribution is -0.127. The Morgan fingerprint density at radius 2 is 1.59 bits per heavy atom. The lowest BCUT2D eigenvalue weighted by Gasteiger charge is -2.17. The van der Waals surface area contributed by atoms with Crippen molar-refractivity contribution in [2.24, 2.45) is 0 Å². The number of hydrazine groups is 1. The Balaban J connectivity index is 1.71. The number of carbonyl (C=O) groups is 2. The summed E-state index contributed by atoms with van der Waals surface area (Å²) in [5, 5.41) is 2.51. The molecular weight excluding hydrogens is 450 g/mol. The number of rotatable bonds is 11. The Morgan fingerprint density at radius 1 is 0.912 bits per heavy atom. The highest BCUT2D eigenvalue weighted by molar-refractivity contribution is 7.80. The Hall–Kier alpha value is -3.13. The first-order valence-electron chi connectivity index (χ1n) is 11.7. The molecule has 0 spiro atoms. The minimum atomic E-state index is -0.757. The van der Waals surface area contributed by atoms with Crippen LogP contribution in [0.15, 0.2) is 42.5 Å². The lowest BCUT2D eigenvalue weighted by atomic mass is 10.1. The molecule has 184 valence electrons. The van der Waals surface area contributed by atoms with Crippen molar-refractivity contribution in [3.63, 3.8) is 0 Å². The summed E-state index contributed by atoms with van der Waals surface area (Å²) in [6.45, 7) is 8.47. The van der Waals surface area contributed by atoms with E-state index >= 15 is 0 Å². The number of benzene rings is 2. The third-order valence-electron chi connectivity index (χ3n) is 5.32. The van der Waals surface area contributed by atoms with Crippen molar-refractivity contribution in [3.05, 3.63) is 59.2 Å². The minimum absolute atomic E-state index is 0.0239. The highest BCUT2D eigenvalue weighted by atomic mass is 32.1. The molecule has 0 saturated heterocycles.